The van der Waals surface area contributed by atoms with Crippen molar-refractivity contribution in [1.29, 1.82) is 0 Å². The Labute approximate surface area is 134 Å². The first-order valence-corrected chi connectivity index (χ1v) is 8.00. The van der Waals surface area contributed by atoms with Crippen LogP contribution in [0.25, 0.3) is 0 Å². The maximum absolute atomic E-state index is 4.57. The Morgan fingerprint density at radius 1 is 0.909 bits per heavy atom. The van der Waals surface area contributed by atoms with E-state index in [-0.39, 0.29) is 6.04 Å². The summed E-state index contributed by atoms with van der Waals surface area (Å²) in [6.07, 6.45) is 1.79. The third kappa shape index (κ3) is 3.86. The molecule has 0 spiro atoms. The molecule has 0 aliphatic heterocycles. The van der Waals surface area contributed by atoms with E-state index in [9.17, 15) is 0 Å². The van der Waals surface area contributed by atoms with Crippen LogP contribution < -0.4 is 5.32 Å². The number of benzene rings is 2. The van der Waals surface area contributed by atoms with Crippen LogP contribution in [0.5, 0.6) is 0 Å². The lowest BCUT2D eigenvalue weighted by atomic mass is 10.1. The number of hydrogen-bond donors (Lipinski definition) is 1. The zero-order valence-electron chi connectivity index (χ0n) is 12.3. The Hall–Kier alpha value is -2.33. The summed E-state index contributed by atoms with van der Waals surface area (Å²) in [4.78, 5) is 10.1. The van der Waals surface area contributed by atoms with Crippen LogP contribution in [-0.4, -0.2) is 9.97 Å². The van der Waals surface area contributed by atoms with Crippen molar-refractivity contribution in [3.05, 3.63) is 78.5 Å². The van der Waals surface area contributed by atoms with Crippen LogP contribution in [0, 0.1) is 0 Å². The summed E-state index contributed by atoms with van der Waals surface area (Å²) in [6.45, 7) is 2.11. The minimum atomic E-state index is 0.165. The van der Waals surface area contributed by atoms with E-state index in [1.165, 1.54) is 10.5 Å². The Bertz CT molecular complexity index is 717. The normalized spacial score (nSPS) is 11.9. The summed E-state index contributed by atoms with van der Waals surface area (Å²) in [5.41, 5.74) is 1.22. The highest BCUT2D eigenvalue weighted by Crippen LogP contribution is 2.26. The summed E-state index contributed by atoms with van der Waals surface area (Å²) in [7, 11) is 0. The van der Waals surface area contributed by atoms with Crippen molar-refractivity contribution in [2.24, 2.45) is 0 Å². The van der Waals surface area contributed by atoms with Crippen LogP contribution in [0.15, 0.2) is 82.8 Å². The Kier molecular flexibility index (Phi) is 4.71. The first kappa shape index (κ1) is 14.6. The Balaban J connectivity index is 1.71. The second-order valence-corrected chi connectivity index (χ2v) is 6.00. The second kappa shape index (κ2) is 7.09. The molecule has 0 radical (unpaired) electrons. The first-order valence-electron chi connectivity index (χ1n) is 7.19. The van der Waals surface area contributed by atoms with Crippen molar-refractivity contribution in [1.82, 2.24) is 9.97 Å². The van der Waals surface area contributed by atoms with Crippen LogP contribution in [0.3, 0.4) is 0 Å². The Morgan fingerprint density at radius 3 is 2.32 bits per heavy atom. The molecule has 3 nitrogen and oxygen atoms in total. The number of anilines is 1. The van der Waals surface area contributed by atoms with Crippen molar-refractivity contribution in [3.63, 3.8) is 0 Å². The van der Waals surface area contributed by atoms with Crippen molar-refractivity contribution in [2.45, 2.75) is 22.9 Å². The summed E-state index contributed by atoms with van der Waals surface area (Å²) in [5, 5.41) is 4.28. The molecule has 2 aromatic carbocycles. The molecule has 22 heavy (non-hydrogen) atoms. The minimum absolute atomic E-state index is 0.165. The second-order valence-electron chi connectivity index (χ2n) is 4.91. The molecule has 0 aliphatic carbocycles. The zero-order chi connectivity index (χ0) is 15.2. The molecule has 0 aliphatic rings. The fraction of sp³-hybridized carbons (Fsp3) is 0.111. The van der Waals surface area contributed by atoms with E-state index in [4.69, 9.17) is 0 Å². The molecule has 1 N–H and O–H groups in total. The molecule has 0 bridgehead atoms. The lowest BCUT2D eigenvalue weighted by Crippen LogP contribution is -2.09. The maximum atomic E-state index is 4.57. The number of hydrogen-bond acceptors (Lipinski definition) is 4. The van der Waals surface area contributed by atoms with Gasteiger partial charge in [-0.15, -0.1) is 0 Å². The average molecular weight is 307 g/mol. The van der Waals surface area contributed by atoms with Crippen molar-refractivity contribution < 1.29 is 0 Å². The fourth-order valence-electron chi connectivity index (χ4n) is 2.10. The van der Waals surface area contributed by atoms with Gasteiger partial charge in [-0.2, -0.15) is 0 Å². The first-order chi connectivity index (χ1) is 10.8. The van der Waals surface area contributed by atoms with E-state index in [0.29, 0.717) is 5.95 Å². The van der Waals surface area contributed by atoms with Gasteiger partial charge in [0.05, 0.1) is 6.04 Å². The summed E-state index contributed by atoms with van der Waals surface area (Å²) in [6, 6.07) is 22.6. The van der Waals surface area contributed by atoms with Gasteiger partial charge in [-0.3, -0.25) is 0 Å². The fourth-order valence-corrected chi connectivity index (χ4v) is 2.89. The lowest BCUT2D eigenvalue weighted by molar-refractivity contribution is 0.851. The summed E-state index contributed by atoms with van der Waals surface area (Å²) >= 11 is 1.63. The molecule has 0 amide bonds. The summed E-state index contributed by atoms with van der Waals surface area (Å²) in [5.74, 6) is 0.650. The molecule has 0 saturated carbocycles. The molecular formula is C18H17N3S. The molecule has 0 fully saturated rings. The van der Waals surface area contributed by atoms with Crippen LogP contribution in [0.4, 0.5) is 5.95 Å². The van der Waals surface area contributed by atoms with E-state index in [0.717, 1.165) is 5.03 Å². The van der Waals surface area contributed by atoms with Crippen LogP contribution in [0.1, 0.15) is 18.5 Å². The molecule has 4 heteroatoms. The average Bonchev–Trinajstić information content (AvgIpc) is 2.57. The van der Waals surface area contributed by atoms with Gasteiger partial charge in [0.2, 0.25) is 5.95 Å². The maximum Gasteiger partial charge on any atom is 0.224 e. The third-order valence-corrected chi connectivity index (χ3v) is 4.19. The monoisotopic (exact) mass is 307 g/mol. The molecule has 3 aromatic rings. The molecule has 1 heterocycles. The molecule has 1 atom stereocenters. The van der Waals surface area contributed by atoms with E-state index in [2.05, 4.69) is 46.5 Å². The van der Waals surface area contributed by atoms with Crippen molar-refractivity contribution in [2.75, 3.05) is 5.32 Å². The van der Waals surface area contributed by atoms with Crippen LogP contribution in [-0.2, 0) is 0 Å². The predicted octanol–water partition coefficient (Wildman–Crippen LogP) is 4.80. The SMILES string of the molecule is C[C@@H](Nc1nccc(Sc2ccccc2)n1)c1ccccc1. The van der Waals surface area contributed by atoms with Gasteiger partial charge in [0.15, 0.2) is 0 Å². The quantitative estimate of drug-likeness (QED) is 0.687. The number of rotatable bonds is 5. The van der Waals surface area contributed by atoms with Gasteiger partial charge in [-0.25, -0.2) is 9.97 Å². The third-order valence-electron chi connectivity index (χ3n) is 3.24. The molecule has 0 unspecified atom stereocenters. The highest BCUT2D eigenvalue weighted by Gasteiger charge is 2.07. The molecule has 1 aromatic heterocycles. The van der Waals surface area contributed by atoms with Gasteiger partial charge in [0, 0.05) is 11.1 Å². The number of nitrogens with one attached hydrogen (secondary N) is 1. The zero-order valence-corrected chi connectivity index (χ0v) is 13.1. The molecule has 3 rings (SSSR count). The number of nitrogens with zero attached hydrogens (tertiary/aromatic N) is 2. The predicted molar refractivity (Wildman–Crippen MR) is 91.1 cm³/mol. The van der Waals surface area contributed by atoms with Crippen LogP contribution >= 0.6 is 11.8 Å². The van der Waals surface area contributed by atoms with Crippen molar-refractivity contribution >= 4 is 17.7 Å². The van der Waals surface area contributed by atoms with Gasteiger partial charge in [-0.05, 0) is 30.7 Å². The largest absolute Gasteiger partial charge is 0.348 e. The Morgan fingerprint density at radius 2 is 1.59 bits per heavy atom. The minimum Gasteiger partial charge on any atom is -0.348 e. The lowest BCUT2D eigenvalue weighted by Gasteiger charge is -2.14. The van der Waals surface area contributed by atoms with E-state index in [1.54, 1.807) is 18.0 Å². The summed E-state index contributed by atoms with van der Waals surface area (Å²) < 4.78 is 0. The van der Waals surface area contributed by atoms with E-state index in [1.807, 2.05) is 42.5 Å². The van der Waals surface area contributed by atoms with E-state index >= 15 is 0 Å². The number of aromatic nitrogens is 2. The molecule has 110 valence electrons. The van der Waals surface area contributed by atoms with E-state index < -0.39 is 0 Å². The highest BCUT2D eigenvalue weighted by molar-refractivity contribution is 7.99. The van der Waals surface area contributed by atoms with Gasteiger partial charge in [0.25, 0.3) is 0 Å². The highest BCUT2D eigenvalue weighted by atomic mass is 32.2. The molecular weight excluding hydrogens is 290 g/mol. The smallest absolute Gasteiger partial charge is 0.224 e. The van der Waals surface area contributed by atoms with Gasteiger partial charge in [0.1, 0.15) is 5.03 Å². The van der Waals surface area contributed by atoms with Gasteiger partial charge in [-0.1, -0.05) is 60.3 Å². The topological polar surface area (TPSA) is 37.8 Å². The van der Waals surface area contributed by atoms with Gasteiger partial charge >= 0.3 is 0 Å². The van der Waals surface area contributed by atoms with Crippen LogP contribution in [0.2, 0.25) is 0 Å². The molecule has 0 saturated heterocycles. The van der Waals surface area contributed by atoms with Gasteiger partial charge < -0.3 is 5.32 Å². The van der Waals surface area contributed by atoms with Crippen molar-refractivity contribution in [3.8, 4) is 0 Å². The standard InChI is InChI=1S/C18H17N3S/c1-14(15-8-4-2-5-9-15)20-18-19-13-12-17(21-18)22-16-10-6-3-7-11-16/h2-14H,1H3,(H,19,20,21)/t14-/m1/s1.